The van der Waals surface area contributed by atoms with Gasteiger partial charge in [-0.25, -0.2) is 13.5 Å². The predicted molar refractivity (Wildman–Crippen MR) is 95.2 cm³/mol. The predicted octanol–water partition coefficient (Wildman–Crippen LogP) is 3.35. The molecule has 0 aliphatic rings. The monoisotopic (exact) mass is 373 g/mol. The van der Waals surface area contributed by atoms with E-state index in [2.05, 4.69) is 5.10 Å². The van der Waals surface area contributed by atoms with Crippen molar-refractivity contribution in [2.75, 3.05) is 13.7 Å². The second-order valence-corrected chi connectivity index (χ2v) is 5.64. The molecule has 0 spiro atoms. The molecule has 2 aromatic carbocycles. The number of nitrogens with zero attached hydrogens (tertiary/aromatic N) is 2. The van der Waals surface area contributed by atoms with Gasteiger partial charge >= 0.3 is 0 Å². The number of ether oxygens (including phenoxy) is 2. The number of primary amides is 1. The summed E-state index contributed by atoms with van der Waals surface area (Å²) in [6, 6.07) is 14.9. The molecule has 0 fully saturated rings. The summed E-state index contributed by atoms with van der Waals surface area (Å²) >= 11 is 0. The van der Waals surface area contributed by atoms with E-state index in [0.29, 0.717) is 28.4 Å². The number of amides is 1. The fourth-order valence-electron chi connectivity index (χ4n) is 2.51. The fraction of sp³-hybridized carbons (Fsp3) is 0.158. The van der Waals surface area contributed by atoms with E-state index >= 15 is 0 Å². The Kier molecular flexibility index (Phi) is 5.35. The van der Waals surface area contributed by atoms with Crippen LogP contribution >= 0.6 is 0 Å². The minimum atomic E-state index is -2.69. The molecule has 8 heteroatoms. The van der Waals surface area contributed by atoms with Crippen LogP contribution in [0.2, 0.25) is 0 Å². The van der Waals surface area contributed by atoms with Crippen molar-refractivity contribution in [2.24, 2.45) is 5.73 Å². The van der Waals surface area contributed by atoms with Crippen molar-refractivity contribution in [3.63, 3.8) is 0 Å². The van der Waals surface area contributed by atoms with Crippen molar-refractivity contribution in [1.82, 2.24) is 9.78 Å². The third kappa shape index (κ3) is 4.22. The zero-order chi connectivity index (χ0) is 19.4. The minimum absolute atomic E-state index is 0.237. The Balaban J connectivity index is 1.97. The highest BCUT2D eigenvalue weighted by molar-refractivity contribution is 5.75. The van der Waals surface area contributed by atoms with Crippen LogP contribution in [0.5, 0.6) is 11.5 Å². The van der Waals surface area contributed by atoms with Gasteiger partial charge in [-0.3, -0.25) is 4.79 Å². The lowest BCUT2D eigenvalue weighted by atomic mass is 10.1. The Morgan fingerprint density at radius 1 is 1.11 bits per heavy atom. The molecule has 2 N–H and O–H groups in total. The van der Waals surface area contributed by atoms with Crippen molar-refractivity contribution in [2.45, 2.75) is 6.43 Å². The van der Waals surface area contributed by atoms with Crippen molar-refractivity contribution in [3.05, 3.63) is 60.3 Å². The molecule has 3 aromatic rings. The Bertz CT molecular complexity index is 922. The van der Waals surface area contributed by atoms with Crippen molar-refractivity contribution >= 4 is 5.91 Å². The molecule has 0 aliphatic carbocycles. The van der Waals surface area contributed by atoms with Crippen LogP contribution in [0.4, 0.5) is 8.78 Å². The number of benzene rings is 2. The number of methoxy groups -OCH3 is 1. The molecule has 0 bridgehead atoms. The molecule has 1 heterocycles. The topological polar surface area (TPSA) is 79.4 Å². The van der Waals surface area contributed by atoms with Crippen LogP contribution in [0, 0.1) is 0 Å². The van der Waals surface area contributed by atoms with Crippen molar-refractivity contribution in [1.29, 1.82) is 0 Å². The summed E-state index contributed by atoms with van der Waals surface area (Å²) in [5, 5.41) is 4.03. The summed E-state index contributed by atoms with van der Waals surface area (Å²) in [7, 11) is 1.55. The molecule has 1 amide bonds. The fourth-order valence-corrected chi connectivity index (χ4v) is 2.51. The first-order valence-electron chi connectivity index (χ1n) is 8.02. The maximum Gasteiger partial charge on any atom is 0.282 e. The molecule has 27 heavy (non-hydrogen) atoms. The maximum absolute atomic E-state index is 13.2. The third-order valence-corrected chi connectivity index (χ3v) is 3.80. The summed E-state index contributed by atoms with van der Waals surface area (Å²) in [6.07, 6.45) is -2.69. The number of halogens is 2. The molecule has 0 saturated heterocycles. The number of nitrogens with two attached hydrogens (primary N) is 1. The normalized spacial score (nSPS) is 10.8. The number of alkyl halides is 2. The summed E-state index contributed by atoms with van der Waals surface area (Å²) in [5.41, 5.74) is 6.50. The Hall–Kier alpha value is -3.42. The summed E-state index contributed by atoms with van der Waals surface area (Å²) in [4.78, 5) is 10.8. The second kappa shape index (κ2) is 7.86. The van der Waals surface area contributed by atoms with E-state index in [0.717, 1.165) is 0 Å². The second-order valence-electron chi connectivity index (χ2n) is 5.64. The first kappa shape index (κ1) is 18.4. The molecule has 0 atom stereocenters. The van der Waals surface area contributed by atoms with Gasteiger partial charge in [0.1, 0.15) is 17.2 Å². The van der Waals surface area contributed by atoms with Crippen molar-refractivity contribution in [3.8, 4) is 28.4 Å². The van der Waals surface area contributed by atoms with Crippen molar-refractivity contribution < 1.29 is 23.0 Å². The molecule has 6 nitrogen and oxygen atoms in total. The molecule has 0 radical (unpaired) electrons. The number of rotatable bonds is 7. The zero-order valence-electron chi connectivity index (χ0n) is 14.4. The molecule has 0 aliphatic heterocycles. The number of hydrogen-bond donors (Lipinski definition) is 1. The van der Waals surface area contributed by atoms with Crippen LogP contribution < -0.4 is 15.2 Å². The van der Waals surface area contributed by atoms with Crippen LogP contribution in [0.25, 0.3) is 16.9 Å². The van der Waals surface area contributed by atoms with Gasteiger partial charge in [0.2, 0.25) is 0 Å². The smallest absolute Gasteiger partial charge is 0.282 e. The van der Waals surface area contributed by atoms with Gasteiger partial charge in [0.05, 0.1) is 18.5 Å². The number of hydrogen-bond acceptors (Lipinski definition) is 4. The highest BCUT2D eigenvalue weighted by Crippen LogP contribution is 2.30. The Labute approximate surface area is 154 Å². The van der Waals surface area contributed by atoms with Gasteiger partial charge < -0.3 is 15.2 Å². The average Bonchev–Trinajstić information content (AvgIpc) is 3.12. The quantitative estimate of drug-likeness (QED) is 0.689. The van der Waals surface area contributed by atoms with Gasteiger partial charge in [0.15, 0.2) is 6.61 Å². The Morgan fingerprint density at radius 3 is 2.30 bits per heavy atom. The highest BCUT2D eigenvalue weighted by atomic mass is 19.3. The van der Waals surface area contributed by atoms with Gasteiger partial charge in [-0.2, -0.15) is 5.10 Å². The lowest BCUT2D eigenvalue weighted by Gasteiger charge is -2.09. The third-order valence-electron chi connectivity index (χ3n) is 3.80. The molecule has 0 saturated carbocycles. The number of carbonyl (C=O) groups is 1. The molecular formula is C19H17F2N3O3. The number of aromatic nitrogens is 2. The van der Waals surface area contributed by atoms with Gasteiger partial charge in [0.25, 0.3) is 12.3 Å². The largest absolute Gasteiger partial charge is 0.497 e. The van der Waals surface area contributed by atoms with E-state index in [9.17, 15) is 13.6 Å². The summed E-state index contributed by atoms with van der Waals surface area (Å²) in [6.45, 7) is -0.237. The van der Waals surface area contributed by atoms with Gasteiger partial charge in [-0.15, -0.1) is 0 Å². The number of carbonyl (C=O) groups excluding carboxylic acids is 1. The van der Waals surface area contributed by atoms with Crippen LogP contribution in [0.3, 0.4) is 0 Å². The summed E-state index contributed by atoms with van der Waals surface area (Å²) < 4.78 is 38.2. The molecular weight excluding hydrogens is 356 g/mol. The van der Waals surface area contributed by atoms with Gasteiger partial charge in [0, 0.05) is 5.56 Å². The standard InChI is InChI=1S/C19H17F2N3O3/c1-26-14-8-4-13(5-9-14)24-17(10-16(23-24)19(20)21)12-2-6-15(7-3-12)27-11-18(22)25/h2-10,19H,11H2,1H3,(H2,22,25). The Morgan fingerprint density at radius 2 is 1.74 bits per heavy atom. The van der Waals surface area contributed by atoms with Crippen LogP contribution in [-0.2, 0) is 4.79 Å². The summed E-state index contributed by atoms with van der Waals surface area (Å²) in [5.74, 6) is 0.512. The molecule has 140 valence electrons. The minimum Gasteiger partial charge on any atom is -0.497 e. The van der Waals surface area contributed by atoms with Gasteiger partial charge in [-0.1, -0.05) is 0 Å². The maximum atomic E-state index is 13.2. The van der Waals surface area contributed by atoms with E-state index in [4.69, 9.17) is 15.2 Å². The molecule has 3 rings (SSSR count). The molecule has 1 aromatic heterocycles. The first-order chi connectivity index (χ1) is 13.0. The van der Waals surface area contributed by atoms with E-state index < -0.39 is 12.3 Å². The van der Waals surface area contributed by atoms with E-state index in [1.165, 1.54) is 10.7 Å². The van der Waals surface area contributed by atoms with E-state index in [1.807, 2.05) is 0 Å². The lowest BCUT2D eigenvalue weighted by Crippen LogP contribution is -2.19. The lowest BCUT2D eigenvalue weighted by molar-refractivity contribution is -0.119. The zero-order valence-corrected chi connectivity index (χ0v) is 14.4. The van der Waals surface area contributed by atoms with Gasteiger partial charge in [-0.05, 0) is 54.6 Å². The first-order valence-corrected chi connectivity index (χ1v) is 8.02. The SMILES string of the molecule is COc1ccc(-n2nc(C(F)F)cc2-c2ccc(OCC(N)=O)cc2)cc1. The van der Waals surface area contributed by atoms with E-state index in [-0.39, 0.29) is 12.3 Å². The van der Waals surface area contributed by atoms with Crippen LogP contribution in [0.15, 0.2) is 54.6 Å². The average molecular weight is 373 g/mol. The van der Waals surface area contributed by atoms with Crippen LogP contribution in [-0.4, -0.2) is 29.4 Å². The van der Waals surface area contributed by atoms with Crippen LogP contribution in [0.1, 0.15) is 12.1 Å². The van der Waals surface area contributed by atoms with E-state index in [1.54, 1.807) is 55.6 Å². The highest BCUT2D eigenvalue weighted by Gasteiger charge is 2.18. The molecule has 0 unspecified atom stereocenters.